The van der Waals surface area contributed by atoms with Crippen LogP contribution in [0.2, 0.25) is 0 Å². The normalized spacial score (nSPS) is 12.5. The second kappa shape index (κ2) is 5.01. The van der Waals surface area contributed by atoms with Crippen molar-refractivity contribution in [2.75, 3.05) is 12.8 Å². The van der Waals surface area contributed by atoms with Gasteiger partial charge in [0.1, 0.15) is 12.1 Å². The summed E-state index contributed by atoms with van der Waals surface area (Å²) >= 11 is 0. The van der Waals surface area contributed by atoms with E-state index in [1.807, 2.05) is 6.92 Å². The van der Waals surface area contributed by atoms with Crippen molar-refractivity contribution in [2.45, 2.75) is 13.0 Å². The standard InChI is InChI=1S/C14H14FN5O/c1-8(9-5-3-4-6-10(9)15)20-12-11(19-14(20)16)13(21-2)18-7-17-12/h3-8H,1-2H3,(H2,16,19). The van der Waals surface area contributed by atoms with Crippen LogP contribution < -0.4 is 10.5 Å². The van der Waals surface area contributed by atoms with Gasteiger partial charge in [0.2, 0.25) is 11.8 Å². The number of nitrogens with two attached hydrogens (primary N) is 1. The Kier molecular flexibility index (Phi) is 3.17. The smallest absolute Gasteiger partial charge is 0.245 e. The molecule has 0 aliphatic carbocycles. The van der Waals surface area contributed by atoms with Gasteiger partial charge in [-0.1, -0.05) is 18.2 Å². The summed E-state index contributed by atoms with van der Waals surface area (Å²) in [6.07, 6.45) is 1.37. The zero-order valence-corrected chi connectivity index (χ0v) is 11.6. The molecule has 0 radical (unpaired) electrons. The first-order valence-corrected chi connectivity index (χ1v) is 6.40. The average molecular weight is 287 g/mol. The molecule has 1 atom stereocenters. The molecule has 3 aromatic rings. The molecule has 1 aromatic carbocycles. The van der Waals surface area contributed by atoms with Crippen molar-refractivity contribution >= 4 is 17.1 Å². The van der Waals surface area contributed by atoms with Gasteiger partial charge in [0.25, 0.3) is 0 Å². The summed E-state index contributed by atoms with van der Waals surface area (Å²) in [4.78, 5) is 12.4. The number of fused-ring (bicyclic) bond motifs is 1. The Morgan fingerprint density at radius 2 is 2.05 bits per heavy atom. The van der Waals surface area contributed by atoms with Gasteiger partial charge in [-0.15, -0.1) is 0 Å². The monoisotopic (exact) mass is 287 g/mol. The van der Waals surface area contributed by atoms with Gasteiger partial charge in [0, 0.05) is 5.56 Å². The lowest BCUT2D eigenvalue weighted by Gasteiger charge is -2.16. The number of anilines is 1. The Labute approximate surface area is 120 Å². The Morgan fingerprint density at radius 3 is 2.76 bits per heavy atom. The number of imidazole rings is 1. The highest BCUT2D eigenvalue weighted by atomic mass is 19.1. The van der Waals surface area contributed by atoms with Crippen LogP contribution in [0.5, 0.6) is 5.88 Å². The number of hydrogen-bond acceptors (Lipinski definition) is 5. The molecular weight excluding hydrogens is 273 g/mol. The highest BCUT2D eigenvalue weighted by Gasteiger charge is 2.21. The number of methoxy groups -OCH3 is 1. The van der Waals surface area contributed by atoms with Crippen molar-refractivity contribution < 1.29 is 9.13 Å². The van der Waals surface area contributed by atoms with E-state index in [0.29, 0.717) is 22.6 Å². The van der Waals surface area contributed by atoms with Gasteiger partial charge in [-0.25, -0.2) is 14.4 Å². The van der Waals surface area contributed by atoms with Crippen molar-refractivity contribution in [3.63, 3.8) is 0 Å². The molecule has 0 amide bonds. The zero-order chi connectivity index (χ0) is 15.0. The molecule has 0 spiro atoms. The number of halogens is 1. The van der Waals surface area contributed by atoms with Crippen LogP contribution >= 0.6 is 0 Å². The predicted molar refractivity (Wildman–Crippen MR) is 76.5 cm³/mol. The van der Waals surface area contributed by atoms with Crippen LogP contribution in [0, 0.1) is 5.82 Å². The number of rotatable bonds is 3. The van der Waals surface area contributed by atoms with Gasteiger partial charge >= 0.3 is 0 Å². The quantitative estimate of drug-likeness (QED) is 0.798. The Hall–Kier alpha value is -2.70. The summed E-state index contributed by atoms with van der Waals surface area (Å²) in [6.45, 7) is 1.84. The molecule has 0 bridgehead atoms. The number of nitrogen functional groups attached to an aromatic ring is 1. The van der Waals surface area contributed by atoms with Crippen molar-refractivity contribution in [2.24, 2.45) is 0 Å². The van der Waals surface area contributed by atoms with E-state index < -0.39 is 0 Å². The van der Waals surface area contributed by atoms with E-state index in [1.54, 1.807) is 22.8 Å². The first-order chi connectivity index (χ1) is 10.1. The lowest BCUT2D eigenvalue weighted by atomic mass is 10.1. The molecule has 2 heterocycles. The Balaban J connectivity index is 2.21. The van der Waals surface area contributed by atoms with Crippen LogP contribution in [0.3, 0.4) is 0 Å². The molecule has 2 aromatic heterocycles. The molecule has 0 saturated carbocycles. The fourth-order valence-corrected chi connectivity index (χ4v) is 2.39. The average Bonchev–Trinajstić information content (AvgIpc) is 2.82. The van der Waals surface area contributed by atoms with Crippen LogP contribution in [-0.2, 0) is 0 Å². The van der Waals surface area contributed by atoms with Crippen LogP contribution in [0.4, 0.5) is 10.3 Å². The number of benzene rings is 1. The number of aromatic nitrogens is 4. The fraction of sp³-hybridized carbons (Fsp3) is 0.214. The summed E-state index contributed by atoms with van der Waals surface area (Å²) in [5.74, 6) is 0.276. The lowest BCUT2D eigenvalue weighted by molar-refractivity contribution is 0.401. The van der Waals surface area contributed by atoms with Crippen molar-refractivity contribution in [1.29, 1.82) is 0 Å². The highest BCUT2D eigenvalue weighted by Crippen LogP contribution is 2.30. The van der Waals surface area contributed by atoms with Crippen molar-refractivity contribution in [1.82, 2.24) is 19.5 Å². The van der Waals surface area contributed by atoms with Crippen molar-refractivity contribution in [3.8, 4) is 5.88 Å². The molecule has 108 valence electrons. The summed E-state index contributed by atoms with van der Waals surface area (Å²) < 4.78 is 20.8. The summed E-state index contributed by atoms with van der Waals surface area (Å²) in [5, 5.41) is 0. The van der Waals surface area contributed by atoms with Crippen LogP contribution in [0.25, 0.3) is 11.2 Å². The zero-order valence-electron chi connectivity index (χ0n) is 11.6. The van der Waals surface area contributed by atoms with E-state index in [4.69, 9.17) is 10.5 Å². The van der Waals surface area contributed by atoms with Gasteiger partial charge in [-0.05, 0) is 13.0 Å². The molecule has 3 rings (SSSR count). The lowest BCUT2D eigenvalue weighted by Crippen LogP contribution is -2.12. The van der Waals surface area contributed by atoms with Gasteiger partial charge in [-0.2, -0.15) is 4.98 Å². The predicted octanol–water partition coefficient (Wildman–Crippen LogP) is 2.17. The van der Waals surface area contributed by atoms with E-state index in [9.17, 15) is 4.39 Å². The summed E-state index contributed by atoms with van der Waals surface area (Å²) in [5.41, 5.74) is 7.45. The summed E-state index contributed by atoms with van der Waals surface area (Å²) in [7, 11) is 1.50. The fourth-order valence-electron chi connectivity index (χ4n) is 2.39. The third-order valence-corrected chi connectivity index (χ3v) is 3.41. The molecule has 2 N–H and O–H groups in total. The van der Waals surface area contributed by atoms with Gasteiger partial charge in [-0.3, -0.25) is 4.57 Å². The maximum absolute atomic E-state index is 14.0. The second-order valence-corrected chi connectivity index (χ2v) is 4.59. The number of ether oxygens (including phenoxy) is 1. The SMILES string of the molecule is COc1ncnc2c1nc(N)n2C(C)c1ccccc1F. The van der Waals surface area contributed by atoms with Crippen LogP contribution in [-0.4, -0.2) is 26.6 Å². The highest BCUT2D eigenvalue weighted by molar-refractivity contribution is 5.79. The molecule has 0 aliphatic rings. The minimum atomic E-state index is -0.351. The molecule has 7 heteroatoms. The molecule has 0 fully saturated rings. The number of hydrogen-bond donors (Lipinski definition) is 1. The Morgan fingerprint density at radius 1 is 1.29 bits per heavy atom. The van der Waals surface area contributed by atoms with Crippen LogP contribution in [0.1, 0.15) is 18.5 Å². The maximum atomic E-state index is 14.0. The topological polar surface area (TPSA) is 78.8 Å². The van der Waals surface area contributed by atoms with Gasteiger partial charge < -0.3 is 10.5 Å². The van der Waals surface area contributed by atoms with Gasteiger partial charge in [0.05, 0.1) is 13.2 Å². The first-order valence-electron chi connectivity index (χ1n) is 6.40. The van der Waals surface area contributed by atoms with Crippen LogP contribution in [0.15, 0.2) is 30.6 Å². The minimum Gasteiger partial charge on any atom is -0.479 e. The molecule has 0 aliphatic heterocycles. The van der Waals surface area contributed by atoms with Crippen molar-refractivity contribution in [3.05, 3.63) is 42.0 Å². The van der Waals surface area contributed by atoms with Gasteiger partial charge in [0.15, 0.2) is 11.2 Å². The molecule has 0 saturated heterocycles. The largest absolute Gasteiger partial charge is 0.479 e. The van der Waals surface area contributed by atoms with E-state index >= 15 is 0 Å². The Bertz CT molecular complexity index is 801. The third kappa shape index (κ3) is 2.06. The second-order valence-electron chi connectivity index (χ2n) is 4.59. The molecule has 6 nitrogen and oxygen atoms in total. The van der Waals surface area contributed by atoms with E-state index in [1.165, 1.54) is 19.5 Å². The van der Waals surface area contributed by atoms with E-state index in [0.717, 1.165) is 0 Å². The molecule has 21 heavy (non-hydrogen) atoms. The maximum Gasteiger partial charge on any atom is 0.245 e. The molecule has 1 unspecified atom stereocenters. The van der Waals surface area contributed by atoms with E-state index in [-0.39, 0.29) is 17.8 Å². The first kappa shape index (κ1) is 13.3. The number of nitrogens with zero attached hydrogens (tertiary/aromatic N) is 4. The molecular formula is C14H14FN5O. The third-order valence-electron chi connectivity index (χ3n) is 3.41. The van der Waals surface area contributed by atoms with E-state index in [2.05, 4.69) is 15.0 Å². The minimum absolute atomic E-state index is 0.236. The summed E-state index contributed by atoms with van der Waals surface area (Å²) in [6, 6.07) is 6.20.